The molecule has 0 radical (unpaired) electrons. The number of likely N-dealkylation sites (tertiary alicyclic amines) is 1. The van der Waals surface area contributed by atoms with Gasteiger partial charge < -0.3 is 0 Å². The van der Waals surface area contributed by atoms with Crippen LogP contribution in [0.3, 0.4) is 0 Å². The molecule has 2 aromatic carbocycles. The summed E-state index contributed by atoms with van der Waals surface area (Å²) in [5.74, 6) is 0. The van der Waals surface area contributed by atoms with Crippen LogP contribution in [0.4, 0.5) is 11.4 Å². The summed E-state index contributed by atoms with van der Waals surface area (Å²) in [4.78, 5) is 11.1. The zero-order valence-electron chi connectivity index (χ0n) is 17.1. The molecule has 0 amide bonds. The number of hydrogen-bond donors (Lipinski definition) is 0. The lowest BCUT2D eigenvalue weighted by molar-refractivity contribution is 0.248. The summed E-state index contributed by atoms with van der Waals surface area (Å²) in [5.41, 5.74) is 6.73. The summed E-state index contributed by atoms with van der Waals surface area (Å²) in [6, 6.07) is 15.6. The molecule has 1 atom stereocenters. The highest BCUT2D eigenvalue weighted by molar-refractivity contribution is 5.71. The molecule has 2 heterocycles. The lowest BCUT2D eigenvalue weighted by atomic mass is 10.0. The van der Waals surface area contributed by atoms with Gasteiger partial charge in [0.2, 0.25) is 0 Å². The highest BCUT2D eigenvalue weighted by atomic mass is 15.2. The van der Waals surface area contributed by atoms with E-state index in [1.165, 1.54) is 29.5 Å². The van der Waals surface area contributed by atoms with E-state index in [2.05, 4.69) is 63.1 Å². The molecule has 0 spiro atoms. The Balaban J connectivity index is 1.52. The standard InChI is InChI=1S/C24H27N5/c1-4-26-23-14-20(11-12-22(23)25-2)24-6-5-13-29(24)16-18-7-9-19(10-8-18)21-15-27-28(3)17-21/h4,7-12,14-15,17,24H,2,5-6,13,16H2,1,3H3/b26-4-/t24-/m1/s1. The first kappa shape index (κ1) is 19.3. The predicted molar refractivity (Wildman–Crippen MR) is 121 cm³/mol. The molecule has 0 N–H and O–H groups in total. The molecule has 0 unspecified atom stereocenters. The number of hydrogen-bond acceptors (Lipinski definition) is 4. The summed E-state index contributed by atoms with van der Waals surface area (Å²) in [5, 5.41) is 4.26. The van der Waals surface area contributed by atoms with Gasteiger partial charge in [0, 0.05) is 37.6 Å². The van der Waals surface area contributed by atoms with Crippen molar-refractivity contribution < 1.29 is 0 Å². The molecule has 1 aliphatic heterocycles. The molecule has 148 valence electrons. The predicted octanol–water partition coefficient (Wildman–Crippen LogP) is 5.48. The first-order valence-electron chi connectivity index (χ1n) is 10.1. The molecule has 29 heavy (non-hydrogen) atoms. The van der Waals surface area contributed by atoms with Crippen molar-refractivity contribution in [2.45, 2.75) is 32.4 Å². The van der Waals surface area contributed by atoms with Gasteiger partial charge in [-0.05, 0) is 61.9 Å². The summed E-state index contributed by atoms with van der Waals surface area (Å²) < 4.78 is 1.84. The first-order valence-corrected chi connectivity index (χ1v) is 10.1. The van der Waals surface area contributed by atoms with Crippen molar-refractivity contribution in [3.8, 4) is 11.1 Å². The highest BCUT2D eigenvalue weighted by Gasteiger charge is 2.26. The molecule has 0 bridgehead atoms. The van der Waals surface area contributed by atoms with E-state index in [-0.39, 0.29) is 0 Å². The summed E-state index contributed by atoms with van der Waals surface area (Å²) in [6.45, 7) is 7.65. The van der Waals surface area contributed by atoms with Crippen molar-refractivity contribution in [3.63, 3.8) is 0 Å². The number of benzene rings is 2. The molecule has 1 aliphatic rings. The van der Waals surface area contributed by atoms with E-state index in [9.17, 15) is 0 Å². The monoisotopic (exact) mass is 385 g/mol. The van der Waals surface area contributed by atoms with Gasteiger partial charge >= 0.3 is 0 Å². The fraction of sp³-hybridized carbons (Fsp3) is 0.292. The quantitative estimate of drug-likeness (QED) is 0.528. The Morgan fingerprint density at radius 2 is 1.97 bits per heavy atom. The van der Waals surface area contributed by atoms with E-state index in [1.807, 2.05) is 43.3 Å². The smallest absolute Gasteiger partial charge is 0.0885 e. The number of aliphatic imine (C=N–C) groups is 2. The second-order valence-electron chi connectivity index (χ2n) is 7.52. The molecular weight excluding hydrogens is 358 g/mol. The van der Waals surface area contributed by atoms with Gasteiger partial charge in [-0.15, -0.1) is 0 Å². The maximum Gasteiger partial charge on any atom is 0.0885 e. The van der Waals surface area contributed by atoms with Crippen molar-refractivity contribution in [2.75, 3.05) is 6.54 Å². The Morgan fingerprint density at radius 1 is 1.14 bits per heavy atom. The van der Waals surface area contributed by atoms with Crippen LogP contribution in [0.2, 0.25) is 0 Å². The van der Waals surface area contributed by atoms with E-state index in [0.29, 0.717) is 6.04 Å². The van der Waals surface area contributed by atoms with Gasteiger partial charge in [0.1, 0.15) is 0 Å². The number of nitrogens with zero attached hydrogens (tertiary/aromatic N) is 5. The lowest BCUT2D eigenvalue weighted by Gasteiger charge is -2.25. The van der Waals surface area contributed by atoms with E-state index < -0.39 is 0 Å². The van der Waals surface area contributed by atoms with Crippen LogP contribution in [0.1, 0.15) is 36.9 Å². The molecule has 3 aromatic rings. The fourth-order valence-electron chi connectivity index (χ4n) is 4.12. The SMILES string of the molecule is C=Nc1ccc([C@H]2CCCN2Cc2ccc(-c3cnn(C)c3)cc2)cc1/N=C\C. The fourth-order valence-corrected chi connectivity index (χ4v) is 4.12. The molecule has 1 fully saturated rings. The Bertz CT molecular complexity index is 1020. The normalized spacial score (nSPS) is 17.2. The van der Waals surface area contributed by atoms with Gasteiger partial charge in [-0.3, -0.25) is 19.6 Å². The van der Waals surface area contributed by atoms with Crippen molar-refractivity contribution in [2.24, 2.45) is 17.0 Å². The second kappa shape index (κ2) is 8.53. The van der Waals surface area contributed by atoms with Gasteiger partial charge in [0.15, 0.2) is 0 Å². The third-order valence-electron chi connectivity index (χ3n) is 5.56. The van der Waals surface area contributed by atoms with Crippen LogP contribution in [-0.2, 0) is 13.6 Å². The average molecular weight is 386 g/mol. The van der Waals surface area contributed by atoms with Crippen molar-refractivity contribution in [1.82, 2.24) is 14.7 Å². The Morgan fingerprint density at radius 3 is 2.66 bits per heavy atom. The summed E-state index contributed by atoms with van der Waals surface area (Å²) in [6.07, 6.45) is 8.15. The molecule has 1 saturated heterocycles. The second-order valence-corrected chi connectivity index (χ2v) is 7.52. The van der Waals surface area contributed by atoms with Gasteiger partial charge in [-0.2, -0.15) is 5.10 Å². The first-order chi connectivity index (χ1) is 14.2. The molecule has 5 heteroatoms. The van der Waals surface area contributed by atoms with Crippen LogP contribution in [0.25, 0.3) is 11.1 Å². The Hall–Kier alpha value is -3.05. The minimum atomic E-state index is 0.415. The zero-order chi connectivity index (χ0) is 20.2. The largest absolute Gasteiger partial charge is 0.292 e. The van der Waals surface area contributed by atoms with Crippen LogP contribution in [0, 0.1) is 0 Å². The highest BCUT2D eigenvalue weighted by Crippen LogP contribution is 2.37. The van der Waals surface area contributed by atoms with E-state index in [1.54, 1.807) is 0 Å². The molecule has 0 saturated carbocycles. The molecule has 5 nitrogen and oxygen atoms in total. The van der Waals surface area contributed by atoms with Crippen LogP contribution >= 0.6 is 0 Å². The Kier molecular flexibility index (Phi) is 5.67. The van der Waals surface area contributed by atoms with Gasteiger partial charge in [-0.25, -0.2) is 0 Å². The topological polar surface area (TPSA) is 45.8 Å². The molecule has 4 rings (SSSR count). The van der Waals surface area contributed by atoms with Crippen molar-refractivity contribution >= 4 is 24.3 Å². The van der Waals surface area contributed by atoms with Gasteiger partial charge in [0.05, 0.1) is 17.6 Å². The minimum Gasteiger partial charge on any atom is -0.292 e. The summed E-state index contributed by atoms with van der Waals surface area (Å²) in [7, 11) is 1.94. The van der Waals surface area contributed by atoms with Crippen LogP contribution < -0.4 is 0 Å². The van der Waals surface area contributed by atoms with Crippen molar-refractivity contribution in [3.05, 3.63) is 66.0 Å². The van der Waals surface area contributed by atoms with Crippen LogP contribution in [0.5, 0.6) is 0 Å². The lowest BCUT2D eigenvalue weighted by Crippen LogP contribution is -2.22. The van der Waals surface area contributed by atoms with E-state index in [0.717, 1.165) is 30.0 Å². The van der Waals surface area contributed by atoms with Crippen molar-refractivity contribution in [1.29, 1.82) is 0 Å². The average Bonchev–Trinajstić information content (AvgIpc) is 3.38. The number of aromatic nitrogens is 2. The minimum absolute atomic E-state index is 0.415. The molecular formula is C24H27N5. The van der Waals surface area contributed by atoms with E-state index in [4.69, 9.17) is 0 Å². The number of aryl methyl sites for hydroxylation is 1. The van der Waals surface area contributed by atoms with Gasteiger partial charge in [-0.1, -0.05) is 30.3 Å². The van der Waals surface area contributed by atoms with Gasteiger partial charge in [0.25, 0.3) is 0 Å². The zero-order valence-corrected chi connectivity index (χ0v) is 17.1. The maximum absolute atomic E-state index is 4.47. The third-order valence-corrected chi connectivity index (χ3v) is 5.56. The molecule has 0 aliphatic carbocycles. The maximum atomic E-state index is 4.47. The Labute approximate surface area is 172 Å². The number of rotatable bonds is 6. The van der Waals surface area contributed by atoms with Crippen LogP contribution in [0.15, 0.2) is 64.8 Å². The summed E-state index contributed by atoms with van der Waals surface area (Å²) >= 11 is 0. The van der Waals surface area contributed by atoms with E-state index >= 15 is 0 Å². The third kappa shape index (κ3) is 4.20. The molecule has 1 aromatic heterocycles. The van der Waals surface area contributed by atoms with Crippen LogP contribution in [-0.4, -0.2) is 34.2 Å².